The van der Waals surface area contributed by atoms with E-state index in [4.69, 9.17) is 4.42 Å². The molecule has 0 spiro atoms. The number of aryl methyl sites for hydroxylation is 1. The number of carbonyl (C=O) groups excluding carboxylic acids is 1. The van der Waals surface area contributed by atoms with Gasteiger partial charge in [-0.25, -0.2) is 9.18 Å². The van der Waals surface area contributed by atoms with Crippen LogP contribution in [0.2, 0.25) is 0 Å². The number of nitrogens with zero attached hydrogens (tertiary/aromatic N) is 1. The third-order valence-electron chi connectivity index (χ3n) is 5.33. The molecular formula is C25H27FN2O3. The number of benzene rings is 2. The van der Waals surface area contributed by atoms with E-state index in [9.17, 15) is 14.0 Å². The number of rotatable bonds is 8. The lowest BCUT2D eigenvalue weighted by atomic mass is 10.0. The smallest absolute Gasteiger partial charge is 0.343 e. The van der Waals surface area contributed by atoms with Crippen molar-refractivity contribution >= 4 is 28.6 Å². The van der Waals surface area contributed by atoms with Crippen LogP contribution in [0.5, 0.6) is 0 Å². The predicted molar refractivity (Wildman–Crippen MR) is 123 cm³/mol. The van der Waals surface area contributed by atoms with E-state index in [1.165, 1.54) is 24.3 Å². The number of fused-ring (bicyclic) bond motifs is 1. The molecule has 0 aliphatic heterocycles. The van der Waals surface area contributed by atoms with E-state index < -0.39 is 5.63 Å². The van der Waals surface area contributed by atoms with Crippen LogP contribution < -0.4 is 15.8 Å². The van der Waals surface area contributed by atoms with Crippen LogP contribution in [0.15, 0.2) is 57.8 Å². The van der Waals surface area contributed by atoms with Crippen LogP contribution in [0.25, 0.3) is 17.0 Å². The molecule has 0 atom stereocenters. The highest BCUT2D eigenvalue weighted by Gasteiger charge is 2.11. The van der Waals surface area contributed by atoms with Crippen LogP contribution in [0.4, 0.5) is 10.1 Å². The van der Waals surface area contributed by atoms with Crippen molar-refractivity contribution < 1.29 is 13.6 Å². The fraction of sp³-hybridized carbons (Fsp3) is 0.280. The number of amides is 1. The van der Waals surface area contributed by atoms with E-state index in [0.29, 0.717) is 24.1 Å². The van der Waals surface area contributed by atoms with Gasteiger partial charge in [0.1, 0.15) is 11.4 Å². The summed E-state index contributed by atoms with van der Waals surface area (Å²) in [5.74, 6) is -0.626. The molecule has 6 heteroatoms. The Morgan fingerprint density at radius 3 is 2.65 bits per heavy atom. The van der Waals surface area contributed by atoms with E-state index in [1.807, 2.05) is 25.1 Å². The average molecular weight is 423 g/mol. The third-order valence-corrected chi connectivity index (χ3v) is 5.33. The first-order valence-corrected chi connectivity index (χ1v) is 10.5. The maximum Gasteiger partial charge on any atom is 0.343 e. The molecule has 31 heavy (non-hydrogen) atoms. The fourth-order valence-corrected chi connectivity index (χ4v) is 3.58. The minimum absolute atomic E-state index is 0.300. The van der Waals surface area contributed by atoms with Crippen LogP contribution in [0, 0.1) is 12.7 Å². The zero-order valence-corrected chi connectivity index (χ0v) is 18.1. The Bertz CT molecular complexity index is 1160. The van der Waals surface area contributed by atoms with Crippen molar-refractivity contribution in [1.29, 1.82) is 0 Å². The monoisotopic (exact) mass is 422 g/mol. The van der Waals surface area contributed by atoms with E-state index >= 15 is 0 Å². The molecule has 1 N–H and O–H groups in total. The van der Waals surface area contributed by atoms with Gasteiger partial charge in [0.15, 0.2) is 0 Å². The maximum absolute atomic E-state index is 13.2. The zero-order chi connectivity index (χ0) is 22.4. The lowest BCUT2D eigenvalue weighted by molar-refractivity contribution is -0.116. The molecule has 0 fully saturated rings. The highest BCUT2D eigenvalue weighted by molar-refractivity contribution is 5.93. The molecule has 0 saturated heterocycles. The summed E-state index contributed by atoms with van der Waals surface area (Å²) < 4.78 is 18.7. The number of nitrogens with one attached hydrogen (secondary N) is 1. The largest absolute Gasteiger partial charge is 0.422 e. The summed E-state index contributed by atoms with van der Waals surface area (Å²) in [5.41, 5.74) is 2.97. The lowest BCUT2D eigenvalue weighted by Crippen LogP contribution is -2.23. The van der Waals surface area contributed by atoms with Crippen LogP contribution in [-0.4, -0.2) is 25.5 Å². The number of hydrogen-bond acceptors (Lipinski definition) is 4. The van der Waals surface area contributed by atoms with Crippen LogP contribution >= 0.6 is 0 Å². The van der Waals surface area contributed by atoms with Crippen molar-refractivity contribution in [1.82, 2.24) is 5.32 Å². The van der Waals surface area contributed by atoms with Gasteiger partial charge < -0.3 is 14.6 Å². The van der Waals surface area contributed by atoms with Gasteiger partial charge in [0.25, 0.3) is 0 Å². The first kappa shape index (κ1) is 22.3. The molecule has 0 saturated carbocycles. The van der Waals surface area contributed by atoms with Crippen molar-refractivity contribution in [2.75, 3.05) is 24.5 Å². The molecule has 162 valence electrons. The van der Waals surface area contributed by atoms with E-state index in [1.54, 1.807) is 12.1 Å². The molecule has 0 unspecified atom stereocenters. The summed E-state index contributed by atoms with van der Waals surface area (Å²) >= 11 is 0. The van der Waals surface area contributed by atoms with E-state index in [-0.39, 0.29) is 11.7 Å². The summed E-state index contributed by atoms with van der Waals surface area (Å²) in [6, 6.07) is 12.1. The fourth-order valence-electron chi connectivity index (χ4n) is 3.58. The van der Waals surface area contributed by atoms with Gasteiger partial charge in [-0.2, -0.15) is 0 Å². The van der Waals surface area contributed by atoms with Crippen molar-refractivity contribution in [3.05, 3.63) is 81.5 Å². The normalized spacial score (nSPS) is 11.2. The zero-order valence-electron chi connectivity index (χ0n) is 18.1. The Hall–Kier alpha value is -3.41. The molecule has 3 rings (SSSR count). The van der Waals surface area contributed by atoms with Gasteiger partial charge in [-0.05, 0) is 68.7 Å². The average Bonchev–Trinajstić information content (AvgIpc) is 2.74. The number of carbonyl (C=O) groups is 1. The molecule has 3 aromatic rings. The highest BCUT2D eigenvalue weighted by atomic mass is 19.1. The molecule has 1 aromatic heterocycles. The van der Waals surface area contributed by atoms with Crippen LogP contribution in [0.1, 0.15) is 30.5 Å². The van der Waals surface area contributed by atoms with Crippen molar-refractivity contribution in [2.24, 2.45) is 0 Å². The molecule has 2 aromatic carbocycles. The molecular weight excluding hydrogens is 395 g/mol. The second-order valence-corrected chi connectivity index (χ2v) is 7.29. The minimum atomic E-state index is -0.481. The predicted octanol–water partition coefficient (Wildman–Crippen LogP) is 4.46. The summed E-state index contributed by atoms with van der Waals surface area (Å²) in [7, 11) is 0. The minimum Gasteiger partial charge on any atom is -0.422 e. The Labute approximate surface area is 181 Å². The first-order chi connectivity index (χ1) is 14.9. The van der Waals surface area contributed by atoms with Crippen LogP contribution in [-0.2, 0) is 11.2 Å². The molecule has 5 nitrogen and oxygen atoms in total. The van der Waals surface area contributed by atoms with Crippen molar-refractivity contribution in [2.45, 2.75) is 27.2 Å². The number of halogens is 1. The summed E-state index contributed by atoms with van der Waals surface area (Å²) in [4.78, 5) is 26.8. The molecule has 0 radical (unpaired) electrons. The van der Waals surface area contributed by atoms with Gasteiger partial charge in [0, 0.05) is 42.9 Å². The van der Waals surface area contributed by atoms with Gasteiger partial charge >= 0.3 is 5.63 Å². The van der Waals surface area contributed by atoms with Gasteiger partial charge in [-0.15, -0.1) is 0 Å². The van der Waals surface area contributed by atoms with Gasteiger partial charge in [0.2, 0.25) is 5.91 Å². The Balaban J connectivity index is 1.73. The molecule has 0 aliphatic rings. The molecule has 0 bridgehead atoms. The quantitative estimate of drug-likeness (QED) is 0.430. The highest BCUT2D eigenvalue weighted by Crippen LogP contribution is 2.25. The lowest BCUT2D eigenvalue weighted by Gasteiger charge is -2.21. The molecule has 1 amide bonds. The SMILES string of the molecule is CCN(CC)c1ccc2c(C)c(C=CC(=O)NCCc3cccc(F)c3)c(=O)oc2c1. The summed E-state index contributed by atoms with van der Waals surface area (Å²) in [6.45, 7) is 8.09. The van der Waals surface area contributed by atoms with Gasteiger partial charge in [-0.3, -0.25) is 4.79 Å². The van der Waals surface area contributed by atoms with Gasteiger partial charge in [0.05, 0.1) is 5.56 Å². The first-order valence-electron chi connectivity index (χ1n) is 10.5. The number of anilines is 1. The summed E-state index contributed by atoms with van der Waals surface area (Å²) in [6.07, 6.45) is 3.32. The summed E-state index contributed by atoms with van der Waals surface area (Å²) in [5, 5.41) is 3.58. The third kappa shape index (κ3) is 5.40. The molecule has 1 heterocycles. The van der Waals surface area contributed by atoms with Crippen molar-refractivity contribution in [3.63, 3.8) is 0 Å². The molecule has 0 aliphatic carbocycles. The Morgan fingerprint density at radius 2 is 1.94 bits per heavy atom. The van der Waals surface area contributed by atoms with Gasteiger partial charge in [-0.1, -0.05) is 12.1 Å². The maximum atomic E-state index is 13.2. The Kier molecular flexibility index (Phi) is 7.23. The standard InChI is InChI=1S/C25H27FN2O3/c1-4-28(5-2)20-9-10-21-17(3)22(25(30)31-23(21)16-20)11-12-24(29)27-14-13-18-7-6-8-19(26)15-18/h6-12,15-16H,4-5,13-14H2,1-3H3,(H,27,29). The van der Waals surface area contributed by atoms with E-state index in [0.717, 1.165) is 35.3 Å². The van der Waals surface area contributed by atoms with Crippen molar-refractivity contribution in [3.8, 4) is 0 Å². The second-order valence-electron chi connectivity index (χ2n) is 7.29. The topological polar surface area (TPSA) is 62.6 Å². The Morgan fingerprint density at radius 1 is 1.16 bits per heavy atom. The number of hydrogen-bond donors (Lipinski definition) is 1. The second kappa shape index (κ2) is 10.1. The van der Waals surface area contributed by atoms with Crippen LogP contribution in [0.3, 0.4) is 0 Å². The van der Waals surface area contributed by atoms with E-state index in [2.05, 4.69) is 24.1 Å².